The summed E-state index contributed by atoms with van der Waals surface area (Å²) in [6, 6.07) is 0. The van der Waals surface area contributed by atoms with E-state index >= 15 is 0 Å². The van der Waals surface area contributed by atoms with Crippen LogP contribution in [0.2, 0.25) is 0 Å². The molecule has 2 atom stereocenters. The van der Waals surface area contributed by atoms with Crippen molar-refractivity contribution in [3.05, 3.63) is 18.0 Å². The molecule has 110 valence electrons. The molecule has 0 amide bonds. The van der Waals surface area contributed by atoms with E-state index in [1.807, 2.05) is 17.8 Å². The Morgan fingerprint density at radius 3 is 2.80 bits per heavy atom. The lowest BCUT2D eigenvalue weighted by Gasteiger charge is -2.15. The Hall–Kier alpha value is -1.36. The molecule has 1 aliphatic carbocycles. The molecule has 2 heterocycles. The summed E-state index contributed by atoms with van der Waals surface area (Å²) in [4.78, 5) is 13.7. The van der Waals surface area contributed by atoms with Crippen LogP contribution >= 0.6 is 0 Å². The molecule has 1 aromatic rings. The van der Waals surface area contributed by atoms with Crippen LogP contribution in [0.3, 0.4) is 0 Å². The van der Waals surface area contributed by atoms with Crippen molar-refractivity contribution < 1.29 is 9.90 Å². The minimum atomic E-state index is -0.605. The maximum Gasteiger partial charge on any atom is 0.308 e. The van der Waals surface area contributed by atoms with Gasteiger partial charge in [0.05, 0.1) is 12.1 Å². The third-order valence-corrected chi connectivity index (χ3v) is 4.61. The van der Waals surface area contributed by atoms with Crippen molar-refractivity contribution in [2.24, 2.45) is 17.8 Å². The quantitative estimate of drug-likeness (QED) is 0.858. The van der Waals surface area contributed by atoms with E-state index in [0.29, 0.717) is 11.8 Å². The second-order valence-electron chi connectivity index (χ2n) is 6.34. The molecule has 0 aromatic carbocycles. The molecule has 2 fully saturated rings. The van der Waals surface area contributed by atoms with Gasteiger partial charge in [-0.3, -0.25) is 9.48 Å². The number of aryl methyl sites for hydroxylation is 2. The van der Waals surface area contributed by atoms with Crippen LogP contribution in [0.15, 0.2) is 12.4 Å². The average Bonchev–Trinajstić information content (AvgIpc) is 3.03. The van der Waals surface area contributed by atoms with E-state index < -0.39 is 5.97 Å². The standard InChI is InChI=1S/C15H23N3O2/c1-11-7-16-18(8-11)6-2-5-17-9-13(12-3-4-12)14(10-17)15(19)20/h7-8,12-14H,2-6,9-10H2,1H3,(H,19,20)/t13-,14+/m0/s1. The summed E-state index contributed by atoms with van der Waals surface area (Å²) in [5, 5.41) is 13.6. The summed E-state index contributed by atoms with van der Waals surface area (Å²) in [5.41, 5.74) is 1.19. The van der Waals surface area contributed by atoms with Crippen LogP contribution in [0, 0.1) is 24.7 Å². The molecule has 2 aliphatic rings. The van der Waals surface area contributed by atoms with Gasteiger partial charge in [-0.1, -0.05) is 0 Å². The first kappa shape index (κ1) is 13.6. The fourth-order valence-electron chi connectivity index (χ4n) is 3.40. The van der Waals surface area contributed by atoms with E-state index in [2.05, 4.69) is 16.2 Å². The highest BCUT2D eigenvalue weighted by Gasteiger charge is 2.45. The number of nitrogens with zero attached hydrogens (tertiary/aromatic N) is 3. The largest absolute Gasteiger partial charge is 0.481 e. The van der Waals surface area contributed by atoms with Crippen LogP contribution in [0.25, 0.3) is 0 Å². The highest BCUT2D eigenvalue weighted by atomic mass is 16.4. The molecule has 1 N–H and O–H groups in total. The highest BCUT2D eigenvalue weighted by Crippen LogP contribution is 2.44. The molecule has 0 unspecified atom stereocenters. The molecule has 3 rings (SSSR count). The number of aliphatic carboxylic acids is 1. The first-order chi connectivity index (χ1) is 9.63. The van der Waals surface area contributed by atoms with Gasteiger partial charge in [-0.2, -0.15) is 5.10 Å². The van der Waals surface area contributed by atoms with Crippen LogP contribution in [-0.4, -0.2) is 45.4 Å². The van der Waals surface area contributed by atoms with Crippen molar-refractivity contribution in [1.29, 1.82) is 0 Å². The van der Waals surface area contributed by atoms with Gasteiger partial charge in [0, 0.05) is 25.8 Å². The number of carboxylic acid groups (broad SMARTS) is 1. The summed E-state index contributed by atoms with van der Waals surface area (Å²) < 4.78 is 1.97. The molecule has 5 heteroatoms. The second kappa shape index (κ2) is 5.56. The number of carboxylic acids is 1. The lowest BCUT2D eigenvalue weighted by atomic mass is 9.92. The number of hydrogen-bond donors (Lipinski definition) is 1. The maximum absolute atomic E-state index is 11.3. The van der Waals surface area contributed by atoms with Crippen LogP contribution in [-0.2, 0) is 11.3 Å². The molecule has 0 radical (unpaired) electrons. The minimum Gasteiger partial charge on any atom is -0.481 e. The number of rotatable bonds is 6. The van der Waals surface area contributed by atoms with Crippen LogP contribution in [0.4, 0.5) is 0 Å². The predicted molar refractivity (Wildman–Crippen MR) is 75.4 cm³/mol. The number of aromatic nitrogens is 2. The smallest absolute Gasteiger partial charge is 0.308 e. The van der Waals surface area contributed by atoms with E-state index in [-0.39, 0.29) is 5.92 Å². The summed E-state index contributed by atoms with van der Waals surface area (Å²) in [5.74, 6) is 0.316. The SMILES string of the molecule is Cc1cnn(CCCN2C[C@@H](C(=O)O)[C@H](C3CC3)C2)c1. The van der Waals surface area contributed by atoms with Gasteiger partial charge in [0.15, 0.2) is 0 Å². The van der Waals surface area contributed by atoms with Crippen LogP contribution in [0.1, 0.15) is 24.8 Å². The first-order valence-corrected chi connectivity index (χ1v) is 7.57. The topological polar surface area (TPSA) is 58.4 Å². The maximum atomic E-state index is 11.3. The fraction of sp³-hybridized carbons (Fsp3) is 0.733. The monoisotopic (exact) mass is 277 g/mol. The molecule has 1 aliphatic heterocycles. The van der Waals surface area contributed by atoms with Gasteiger partial charge < -0.3 is 10.0 Å². The van der Waals surface area contributed by atoms with Gasteiger partial charge in [-0.25, -0.2) is 0 Å². The van der Waals surface area contributed by atoms with Gasteiger partial charge in [-0.05, 0) is 50.1 Å². The summed E-state index contributed by atoms with van der Waals surface area (Å²) in [7, 11) is 0. The van der Waals surface area contributed by atoms with E-state index in [4.69, 9.17) is 0 Å². The van der Waals surface area contributed by atoms with Gasteiger partial charge in [-0.15, -0.1) is 0 Å². The predicted octanol–water partition coefficient (Wildman–Crippen LogP) is 1.62. The highest BCUT2D eigenvalue weighted by molar-refractivity contribution is 5.71. The summed E-state index contributed by atoms with van der Waals surface area (Å²) in [6.45, 7) is 5.64. The second-order valence-corrected chi connectivity index (χ2v) is 6.34. The Morgan fingerprint density at radius 2 is 2.20 bits per heavy atom. The molecule has 1 aromatic heterocycles. The first-order valence-electron chi connectivity index (χ1n) is 7.57. The molecular formula is C15H23N3O2. The number of hydrogen-bond acceptors (Lipinski definition) is 3. The molecule has 1 saturated heterocycles. The Kier molecular flexibility index (Phi) is 3.78. The van der Waals surface area contributed by atoms with E-state index in [1.165, 1.54) is 18.4 Å². The van der Waals surface area contributed by atoms with Crippen molar-refractivity contribution in [1.82, 2.24) is 14.7 Å². The zero-order valence-electron chi connectivity index (χ0n) is 12.0. The molecule has 0 spiro atoms. The third-order valence-electron chi connectivity index (χ3n) is 4.61. The molecular weight excluding hydrogens is 254 g/mol. The Balaban J connectivity index is 1.47. The van der Waals surface area contributed by atoms with E-state index in [0.717, 1.165) is 32.6 Å². The Bertz CT molecular complexity index is 481. The Morgan fingerprint density at radius 1 is 1.40 bits per heavy atom. The Labute approximate surface area is 119 Å². The zero-order chi connectivity index (χ0) is 14.1. The van der Waals surface area contributed by atoms with Crippen molar-refractivity contribution in [2.75, 3.05) is 19.6 Å². The lowest BCUT2D eigenvalue weighted by molar-refractivity contribution is -0.142. The van der Waals surface area contributed by atoms with Crippen LogP contribution in [0.5, 0.6) is 0 Å². The normalized spacial score (nSPS) is 27.1. The number of carbonyl (C=O) groups is 1. The molecule has 0 bridgehead atoms. The number of likely N-dealkylation sites (tertiary alicyclic amines) is 1. The van der Waals surface area contributed by atoms with Crippen molar-refractivity contribution in [3.63, 3.8) is 0 Å². The molecule has 1 saturated carbocycles. The van der Waals surface area contributed by atoms with Crippen molar-refractivity contribution in [3.8, 4) is 0 Å². The van der Waals surface area contributed by atoms with Crippen molar-refractivity contribution in [2.45, 2.75) is 32.7 Å². The van der Waals surface area contributed by atoms with Crippen molar-refractivity contribution >= 4 is 5.97 Å². The van der Waals surface area contributed by atoms with Gasteiger partial charge >= 0.3 is 5.97 Å². The van der Waals surface area contributed by atoms with E-state index in [9.17, 15) is 9.90 Å². The van der Waals surface area contributed by atoms with E-state index in [1.54, 1.807) is 0 Å². The minimum absolute atomic E-state index is 0.144. The summed E-state index contributed by atoms with van der Waals surface area (Å²) >= 11 is 0. The fourth-order valence-corrected chi connectivity index (χ4v) is 3.40. The zero-order valence-corrected chi connectivity index (χ0v) is 12.0. The lowest BCUT2D eigenvalue weighted by Crippen LogP contribution is -2.25. The summed E-state index contributed by atoms with van der Waals surface area (Å²) in [6.07, 6.45) is 7.42. The molecule has 5 nitrogen and oxygen atoms in total. The molecule has 20 heavy (non-hydrogen) atoms. The van der Waals surface area contributed by atoms with Gasteiger partial charge in [0.2, 0.25) is 0 Å². The van der Waals surface area contributed by atoms with Crippen LogP contribution < -0.4 is 0 Å². The van der Waals surface area contributed by atoms with Gasteiger partial charge in [0.1, 0.15) is 0 Å². The average molecular weight is 277 g/mol. The van der Waals surface area contributed by atoms with Gasteiger partial charge in [0.25, 0.3) is 0 Å². The third kappa shape index (κ3) is 3.03.